The van der Waals surface area contributed by atoms with Gasteiger partial charge in [-0.2, -0.15) is 0 Å². The van der Waals surface area contributed by atoms with E-state index in [0.717, 1.165) is 0 Å². The smallest absolute Gasteiger partial charge is 0.341 e. The molecule has 2 aliphatic heterocycles. The average Bonchev–Trinajstić information content (AvgIpc) is 3.25. The van der Waals surface area contributed by atoms with E-state index in [1.807, 2.05) is 0 Å². The number of hydrogen-bond donors (Lipinski definition) is 0. The highest BCUT2D eigenvalue weighted by Crippen LogP contribution is 2.19. The van der Waals surface area contributed by atoms with E-state index in [2.05, 4.69) is 0 Å². The van der Waals surface area contributed by atoms with Crippen LogP contribution in [0.2, 0.25) is 0 Å². The van der Waals surface area contributed by atoms with Crippen LogP contribution in [0.25, 0.3) is 0 Å². The minimum Gasteiger partial charge on any atom is -0.430 e. The number of epoxide rings is 2. The minimum atomic E-state index is -0.596. The molecule has 0 N–H and O–H groups in total. The van der Waals surface area contributed by atoms with E-state index >= 15 is 0 Å². The number of hydrogen-bond acceptors (Lipinski definition) is 6. The van der Waals surface area contributed by atoms with Crippen LogP contribution in [-0.2, 0) is 18.9 Å². The molecule has 0 aliphatic carbocycles. The van der Waals surface area contributed by atoms with Gasteiger partial charge in [0, 0.05) is 0 Å². The van der Waals surface area contributed by atoms with Gasteiger partial charge in [-0.1, -0.05) is 12.1 Å². The first-order valence-corrected chi connectivity index (χ1v) is 5.48. The normalized spacial score (nSPS) is 24.2. The van der Waals surface area contributed by atoms with E-state index in [4.69, 9.17) is 18.9 Å². The Labute approximate surface area is 102 Å². The fraction of sp³-hybridized carbons (Fsp3) is 0.333. The van der Waals surface area contributed by atoms with Crippen LogP contribution in [0.1, 0.15) is 20.7 Å². The zero-order valence-electron chi connectivity index (χ0n) is 9.33. The Morgan fingerprint density at radius 3 is 1.67 bits per heavy atom. The molecule has 0 aromatic heterocycles. The lowest BCUT2D eigenvalue weighted by molar-refractivity contribution is 0.0248. The summed E-state index contributed by atoms with van der Waals surface area (Å²) in [7, 11) is 0. The summed E-state index contributed by atoms with van der Waals surface area (Å²) < 4.78 is 19.5. The van der Waals surface area contributed by atoms with E-state index in [1.54, 1.807) is 12.1 Å². The molecule has 2 fully saturated rings. The number of carbonyl (C=O) groups is 2. The summed E-state index contributed by atoms with van der Waals surface area (Å²) in [5, 5.41) is 0. The standard InChI is InChI=1S/C12H10O6/c13-11(17-9-5-15-9)7-3-1-2-4-8(7)12(14)18-10-6-16-10/h1-4,9-10H,5-6H2. The number of benzene rings is 1. The van der Waals surface area contributed by atoms with E-state index in [1.165, 1.54) is 12.1 Å². The Morgan fingerprint density at radius 1 is 0.944 bits per heavy atom. The summed E-state index contributed by atoms with van der Waals surface area (Å²) in [6, 6.07) is 6.31. The van der Waals surface area contributed by atoms with Crippen LogP contribution in [-0.4, -0.2) is 37.7 Å². The summed E-state index contributed by atoms with van der Waals surface area (Å²) in [5.74, 6) is -1.19. The average molecular weight is 250 g/mol. The van der Waals surface area contributed by atoms with Crippen LogP contribution in [0.3, 0.4) is 0 Å². The molecule has 2 unspecified atom stereocenters. The van der Waals surface area contributed by atoms with Gasteiger partial charge in [0.2, 0.25) is 12.6 Å². The Bertz CT molecular complexity index is 444. The summed E-state index contributed by atoms with van der Waals surface area (Å²) in [6.45, 7) is 0.794. The Kier molecular flexibility index (Phi) is 2.73. The number of rotatable bonds is 4. The van der Waals surface area contributed by atoms with Gasteiger partial charge in [0.15, 0.2) is 0 Å². The van der Waals surface area contributed by atoms with Gasteiger partial charge in [0.05, 0.1) is 11.1 Å². The van der Waals surface area contributed by atoms with Crippen LogP contribution >= 0.6 is 0 Å². The lowest BCUT2D eigenvalue weighted by Crippen LogP contribution is -2.15. The quantitative estimate of drug-likeness (QED) is 0.578. The summed E-state index contributed by atoms with van der Waals surface area (Å²) >= 11 is 0. The monoisotopic (exact) mass is 250 g/mol. The van der Waals surface area contributed by atoms with Crippen molar-refractivity contribution in [1.82, 2.24) is 0 Å². The minimum absolute atomic E-state index is 0.165. The molecule has 6 nitrogen and oxygen atoms in total. The van der Waals surface area contributed by atoms with Crippen molar-refractivity contribution < 1.29 is 28.5 Å². The van der Waals surface area contributed by atoms with Crippen molar-refractivity contribution in [2.75, 3.05) is 13.2 Å². The summed E-state index contributed by atoms with van der Waals surface area (Å²) in [4.78, 5) is 23.6. The second kappa shape index (κ2) is 4.40. The van der Waals surface area contributed by atoms with Gasteiger partial charge in [-0.25, -0.2) is 9.59 Å². The summed E-state index contributed by atoms with van der Waals surface area (Å²) in [5.41, 5.74) is 0.331. The number of ether oxygens (including phenoxy) is 4. The fourth-order valence-electron chi connectivity index (χ4n) is 1.42. The molecule has 2 saturated heterocycles. The third-order valence-electron chi connectivity index (χ3n) is 2.45. The molecule has 1 aromatic carbocycles. The first-order valence-electron chi connectivity index (χ1n) is 5.48. The molecule has 6 heteroatoms. The maximum atomic E-state index is 11.8. The number of carbonyl (C=O) groups excluding carboxylic acids is 2. The van der Waals surface area contributed by atoms with Crippen molar-refractivity contribution in [3.05, 3.63) is 35.4 Å². The van der Waals surface area contributed by atoms with Crippen molar-refractivity contribution in [3.63, 3.8) is 0 Å². The predicted octanol–water partition coefficient (Wildman–Crippen LogP) is 0.713. The molecule has 1 aromatic rings. The third-order valence-corrected chi connectivity index (χ3v) is 2.45. The summed E-state index contributed by atoms with van der Waals surface area (Å²) in [6.07, 6.45) is -0.985. The molecule has 3 rings (SSSR count). The van der Waals surface area contributed by atoms with Crippen molar-refractivity contribution in [1.29, 1.82) is 0 Å². The number of esters is 2. The first-order chi connectivity index (χ1) is 8.74. The molecule has 0 spiro atoms. The van der Waals surface area contributed by atoms with Crippen molar-refractivity contribution in [3.8, 4) is 0 Å². The van der Waals surface area contributed by atoms with Gasteiger partial charge >= 0.3 is 11.9 Å². The Balaban J connectivity index is 1.78. The molecule has 2 atom stereocenters. The fourth-order valence-corrected chi connectivity index (χ4v) is 1.42. The molecule has 0 radical (unpaired) electrons. The van der Waals surface area contributed by atoms with Crippen LogP contribution < -0.4 is 0 Å². The molecule has 0 amide bonds. The zero-order valence-corrected chi connectivity index (χ0v) is 9.33. The van der Waals surface area contributed by atoms with Gasteiger partial charge in [-0.3, -0.25) is 0 Å². The SMILES string of the molecule is O=C(OC1CO1)c1ccccc1C(=O)OC1CO1. The van der Waals surface area contributed by atoms with Crippen molar-refractivity contribution >= 4 is 11.9 Å². The molecular weight excluding hydrogens is 240 g/mol. The van der Waals surface area contributed by atoms with Gasteiger partial charge < -0.3 is 18.9 Å². The van der Waals surface area contributed by atoms with Crippen LogP contribution in [0.15, 0.2) is 24.3 Å². The van der Waals surface area contributed by atoms with Crippen LogP contribution in [0.4, 0.5) is 0 Å². The Hall–Kier alpha value is -1.92. The van der Waals surface area contributed by atoms with Crippen LogP contribution in [0, 0.1) is 0 Å². The second-order valence-corrected chi connectivity index (χ2v) is 3.88. The highest BCUT2D eigenvalue weighted by Gasteiger charge is 2.32. The van der Waals surface area contributed by atoms with Crippen LogP contribution in [0.5, 0.6) is 0 Å². The highest BCUT2D eigenvalue weighted by atomic mass is 16.8. The molecule has 2 heterocycles. The van der Waals surface area contributed by atoms with Gasteiger partial charge in [-0.15, -0.1) is 0 Å². The lowest BCUT2D eigenvalue weighted by atomic mass is 10.1. The van der Waals surface area contributed by atoms with Gasteiger partial charge in [0.1, 0.15) is 13.2 Å². The van der Waals surface area contributed by atoms with Crippen molar-refractivity contribution in [2.24, 2.45) is 0 Å². The molecule has 0 saturated carbocycles. The molecule has 18 heavy (non-hydrogen) atoms. The second-order valence-electron chi connectivity index (χ2n) is 3.88. The van der Waals surface area contributed by atoms with E-state index < -0.39 is 24.5 Å². The maximum Gasteiger partial charge on any atom is 0.341 e. The van der Waals surface area contributed by atoms with Gasteiger partial charge in [0.25, 0.3) is 0 Å². The van der Waals surface area contributed by atoms with Gasteiger partial charge in [-0.05, 0) is 12.1 Å². The third kappa shape index (κ3) is 2.49. The molecule has 2 aliphatic rings. The largest absolute Gasteiger partial charge is 0.430 e. The lowest BCUT2D eigenvalue weighted by Gasteiger charge is -2.07. The van der Waals surface area contributed by atoms with E-state index in [-0.39, 0.29) is 11.1 Å². The Morgan fingerprint density at radius 2 is 1.33 bits per heavy atom. The predicted molar refractivity (Wildman–Crippen MR) is 56.8 cm³/mol. The molecular formula is C12H10O6. The zero-order chi connectivity index (χ0) is 12.5. The van der Waals surface area contributed by atoms with E-state index in [0.29, 0.717) is 13.2 Å². The highest BCUT2D eigenvalue weighted by molar-refractivity contribution is 6.03. The van der Waals surface area contributed by atoms with Crippen molar-refractivity contribution in [2.45, 2.75) is 12.6 Å². The maximum absolute atomic E-state index is 11.8. The molecule has 94 valence electrons. The molecule has 0 bridgehead atoms. The topological polar surface area (TPSA) is 77.7 Å². The first kappa shape index (κ1) is 11.2. The van der Waals surface area contributed by atoms with E-state index in [9.17, 15) is 9.59 Å².